The van der Waals surface area contributed by atoms with Crippen molar-refractivity contribution in [2.75, 3.05) is 36.4 Å². The fraction of sp³-hybridized carbons (Fsp3) is 0.414. The standard InChI is InChI=1S/C29H32F2N8O2/c1-2-3-18-13-32-29(33-14-18)37-9-6-20(7-10-37)39-16-23(31)25-26(34-17-35-27(25)39)36-24-5-4-19(12-22(24)30)28(41)38-11-8-21(40)15-38/h4-5,12-14,16-17,20-21,40H,2-3,6-11,15H2,1H3,(H,34,35,36)/t21-/m0/s1. The summed E-state index contributed by atoms with van der Waals surface area (Å²) in [5.41, 5.74) is 1.80. The van der Waals surface area contributed by atoms with E-state index in [0.717, 1.165) is 50.4 Å². The van der Waals surface area contributed by atoms with Crippen molar-refractivity contribution in [3.63, 3.8) is 0 Å². The second kappa shape index (κ2) is 11.4. The molecule has 2 fully saturated rings. The highest BCUT2D eigenvalue weighted by molar-refractivity contribution is 5.95. The van der Waals surface area contributed by atoms with Crippen molar-refractivity contribution in [3.05, 3.63) is 65.9 Å². The number of piperidine rings is 1. The van der Waals surface area contributed by atoms with Gasteiger partial charge in [0.1, 0.15) is 23.6 Å². The third-order valence-corrected chi connectivity index (χ3v) is 7.85. The number of carbonyl (C=O) groups is 1. The number of aryl methyl sites for hydroxylation is 1. The van der Waals surface area contributed by atoms with E-state index in [4.69, 9.17) is 0 Å². The van der Waals surface area contributed by atoms with E-state index >= 15 is 8.78 Å². The minimum atomic E-state index is -0.667. The summed E-state index contributed by atoms with van der Waals surface area (Å²) in [5, 5.41) is 12.8. The smallest absolute Gasteiger partial charge is 0.254 e. The maximum absolute atomic E-state index is 15.3. The molecule has 2 aliphatic heterocycles. The van der Waals surface area contributed by atoms with Gasteiger partial charge < -0.3 is 24.8 Å². The third-order valence-electron chi connectivity index (χ3n) is 7.85. The zero-order chi connectivity index (χ0) is 28.5. The first-order valence-electron chi connectivity index (χ1n) is 14.0. The molecule has 0 aliphatic carbocycles. The lowest BCUT2D eigenvalue weighted by Crippen LogP contribution is -2.35. The molecule has 12 heteroatoms. The van der Waals surface area contributed by atoms with Crippen LogP contribution in [0, 0.1) is 11.6 Å². The van der Waals surface area contributed by atoms with Crippen molar-refractivity contribution in [2.45, 2.75) is 51.2 Å². The molecule has 2 N–H and O–H groups in total. The lowest BCUT2D eigenvalue weighted by atomic mass is 10.1. The zero-order valence-corrected chi connectivity index (χ0v) is 22.8. The van der Waals surface area contributed by atoms with Gasteiger partial charge in [-0.15, -0.1) is 0 Å². The molecule has 10 nitrogen and oxygen atoms in total. The molecule has 0 bridgehead atoms. The molecule has 2 saturated heterocycles. The minimum Gasteiger partial charge on any atom is -0.391 e. The number of carbonyl (C=O) groups excluding carboxylic acids is 1. The number of anilines is 3. The van der Waals surface area contributed by atoms with E-state index in [0.29, 0.717) is 24.6 Å². The van der Waals surface area contributed by atoms with E-state index in [2.05, 4.69) is 37.1 Å². The van der Waals surface area contributed by atoms with Crippen molar-refractivity contribution in [3.8, 4) is 0 Å². The second-order valence-corrected chi connectivity index (χ2v) is 10.7. The quantitative estimate of drug-likeness (QED) is 0.344. The summed E-state index contributed by atoms with van der Waals surface area (Å²) in [6.45, 7) is 4.23. The molecule has 0 radical (unpaired) electrons. The molecule has 1 amide bonds. The first-order valence-corrected chi connectivity index (χ1v) is 14.0. The van der Waals surface area contributed by atoms with Crippen LogP contribution in [0.1, 0.15) is 54.6 Å². The number of halogens is 2. The van der Waals surface area contributed by atoms with Crippen molar-refractivity contribution < 1.29 is 18.7 Å². The van der Waals surface area contributed by atoms with E-state index in [9.17, 15) is 9.90 Å². The Labute approximate surface area is 236 Å². The molecule has 1 aromatic carbocycles. The molecule has 0 saturated carbocycles. The molecule has 1 atom stereocenters. The van der Waals surface area contributed by atoms with Crippen LogP contribution in [0.5, 0.6) is 0 Å². The highest BCUT2D eigenvalue weighted by Crippen LogP contribution is 2.33. The van der Waals surface area contributed by atoms with E-state index < -0.39 is 17.7 Å². The monoisotopic (exact) mass is 562 g/mol. The number of amides is 1. The van der Waals surface area contributed by atoms with Crippen LogP contribution in [0.25, 0.3) is 11.0 Å². The van der Waals surface area contributed by atoms with Crippen LogP contribution >= 0.6 is 0 Å². The van der Waals surface area contributed by atoms with Gasteiger partial charge in [-0.3, -0.25) is 4.79 Å². The van der Waals surface area contributed by atoms with Crippen molar-refractivity contribution in [1.29, 1.82) is 0 Å². The van der Waals surface area contributed by atoms with Gasteiger partial charge in [0, 0.05) is 56.4 Å². The Morgan fingerprint density at radius 1 is 1.05 bits per heavy atom. The number of nitrogens with zero attached hydrogens (tertiary/aromatic N) is 7. The number of nitrogens with one attached hydrogen (secondary N) is 1. The van der Waals surface area contributed by atoms with Crippen LogP contribution < -0.4 is 10.2 Å². The average Bonchev–Trinajstić information content (AvgIpc) is 3.58. The van der Waals surface area contributed by atoms with E-state index in [1.807, 2.05) is 17.0 Å². The van der Waals surface area contributed by atoms with Gasteiger partial charge >= 0.3 is 0 Å². The summed E-state index contributed by atoms with van der Waals surface area (Å²) in [6.07, 6.45) is 9.98. The van der Waals surface area contributed by atoms with Crippen LogP contribution in [0.2, 0.25) is 0 Å². The van der Waals surface area contributed by atoms with Gasteiger partial charge in [0.25, 0.3) is 5.91 Å². The fourth-order valence-corrected chi connectivity index (χ4v) is 5.67. The SMILES string of the molecule is CCCc1cnc(N2CCC(n3cc(F)c4c(Nc5ccc(C(=O)N6CC[C@H](O)C6)cc5F)ncnc43)CC2)nc1. The first kappa shape index (κ1) is 27.0. The van der Waals surface area contributed by atoms with Crippen molar-refractivity contribution in [1.82, 2.24) is 29.4 Å². The molecule has 5 heterocycles. The topological polar surface area (TPSA) is 112 Å². The second-order valence-electron chi connectivity index (χ2n) is 10.7. The normalized spacial score (nSPS) is 17.9. The number of aliphatic hydroxyl groups excluding tert-OH is 1. The van der Waals surface area contributed by atoms with Gasteiger partial charge in [0.05, 0.1) is 17.2 Å². The van der Waals surface area contributed by atoms with E-state index in [1.54, 1.807) is 0 Å². The van der Waals surface area contributed by atoms with Crippen LogP contribution in [0.15, 0.2) is 43.1 Å². The van der Waals surface area contributed by atoms with Gasteiger partial charge in [0.2, 0.25) is 5.95 Å². The molecular formula is C29H32F2N8O2. The van der Waals surface area contributed by atoms with Gasteiger partial charge in [-0.2, -0.15) is 0 Å². The van der Waals surface area contributed by atoms with Crippen molar-refractivity contribution >= 4 is 34.4 Å². The Morgan fingerprint density at radius 3 is 2.51 bits per heavy atom. The van der Waals surface area contributed by atoms with Gasteiger partial charge in [-0.1, -0.05) is 13.3 Å². The zero-order valence-electron chi connectivity index (χ0n) is 22.8. The Bertz CT molecular complexity index is 1550. The number of aliphatic hydroxyl groups is 1. The predicted octanol–water partition coefficient (Wildman–Crippen LogP) is 4.24. The molecule has 2 aliphatic rings. The first-order chi connectivity index (χ1) is 19.9. The number of hydrogen-bond acceptors (Lipinski definition) is 8. The molecule has 3 aromatic heterocycles. The molecule has 41 heavy (non-hydrogen) atoms. The van der Waals surface area contributed by atoms with E-state index in [1.165, 1.54) is 29.6 Å². The molecular weight excluding hydrogens is 530 g/mol. The van der Waals surface area contributed by atoms with Gasteiger partial charge in [-0.25, -0.2) is 28.7 Å². The number of hydrogen-bond donors (Lipinski definition) is 2. The molecule has 6 rings (SSSR count). The minimum absolute atomic E-state index is 0.0199. The van der Waals surface area contributed by atoms with Gasteiger partial charge in [-0.05, 0) is 49.4 Å². The van der Waals surface area contributed by atoms with Crippen LogP contribution in [0.3, 0.4) is 0 Å². The molecule has 0 unspecified atom stereocenters. The number of benzene rings is 1. The number of fused-ring (bicyclic) bond motifs is 1. The largest absolute Gasteiger partial charge is 0.391 e. The van der Waals surface area contributed by atoms with E-state index in [-0.39, 0.29) is 40.9 Å². The van der Waals surface area contributed by atoms with Gasteiger partial charge in [0.15, 0.2) is 5.82 Å². The highest BCUT2D eigenvalue weighted by atomic mass is 19.1. The summed E-state index contributed by atoms with van der Waals surface area (Å²) in [4.78, 5) is 33.9. The van der Waals surface area contributed by atoms with Crippen LogP contribution in [-0.2, 0) is 6.42 Å². The summed E-state index contributed by atoms with van der Waals surface area (Å²) in [5.74, 6) is -0.663. The summed E-state index contributed by atoms with van der Waals surface area (Å²) in [7, 11) is 0. The lowest BCUT2D eigenvalue weighted by molar-refractivity contribution is 0.0764. The Kier molecular flexibility index (Phi) is 7.48. The number of aromatic nitrogens is 5. The fourth-order valence-electron chi connectivity index (χ4n) is 5.67. The van der Waals surface area contributed by atoms with Crippen LogP contribution in [-0.4, -0.2) is 72.7 Å². The number of β-amino-alcohol motifs (C(OH)–C–C–N with tert-alkyl or cyclic N) is 1. The average molecular weight is 563 g/mol. The number of likely N-dealkylation sites (tertiary alicyclic amines) is 1. The molecule has 4 aromatic rings. The summed E-state index contributed by atoms with van der Waals surface area (Å²) >= 11 is 0. The maximum atomic E-state index is 15.3. The Balaban J connectivity index is 1.17. The highest BCUT2D eigenvalue weighted by Gasteiger charge is 2.27. The number of rotatable bonds is 7. The Morgan fingerprint density at radius 2 is 1.83 bits per heavy atom. The third kappa shape index (κ3) is 5.43. The lowest BCUT2D eigenvalue weighted by Gasteiger charge is -2.32. The Hall–Kier alpha value is -4.19. The summed E-state index contributed by atoms with van der Waals surface area (Å²) in [6, 6.07) is 4.11. The molecule has 0 spiro atoms. The maximum Gasteiger partial charge on any atom is 0.254 e. The van der Waals surface area contributed by atoms with Crippen molar-refractivity contribution in [2.24, 2.45) is 0 Å². The predicted molar refractivity (Wildman–Crippen MR) is 150 cm³/mol. The molecule has 214 valence electrons. The summed E-state index contributed by atoms with van der Waals surface area (Å²) < 4.78 is 32.2. The van der Waals surface area contributed by atoms with Crippen LogP contribution in [0.4, 0.5) is 26.2 Å².